The van der Waals surface area contributed by atoms with Crippen LogP contribution >= 0.6 is 12.6 Å². The fourth-order valence-corrected chi connectivity index (χ4v) is 4.78. The van der Waals surface area contributed by atoms with Crippen molar-refractivity contribution in [2.45, 2.75) is 38.5 Å². The second kappa shape index (κ2) is 3.26. The van der Waals surface area contributed by atoms with Crippen molar-refractivity contribution in [1.82, 2.24) is 0 Å². The molecule has 4 aliphatic rings. The first-order valence-corrected chi connectivity index (χ1v) is 6.39. The fourth-order valence-electron chi connectivity index (χ4n) is 4.57. The van der Waals surface area contributed by atoms with Crippen molar-refractivity contribution in [3.8, 4) is 0 Å². The molecule has 0 spiro atoms. The Morgan fingerprint density at radius 3 is 1.93 bits per heavy atom. The zero-order valence-electron chi connectivity index (χ0n) is 8.48. The average molecular weight is 210 g/mol. The first-order chi connectivity index (χ1) is 6.72. The molecule has 0 aromatic rings. The molecule has 4 fully saturated rings. The van der Waals surface area contributed by atoms with Crippen molar-refractivity contribution in [1.29, 1.82) is 0 Å². The Morgan fingerprint density at radius 2 is 1.50 bits per heavy atom. The Bertz CT molecular complexity index is 233. The Balaban J connectivity index is 1.77. The molecular formula is C12H18OS. The van der Waals surface area contributed by atoms with E-state index in [1.54, 1.807) is 0 Å². The van der Waals surface area contributed by atoms with Gasteiger partial charge >= 0.3 is 0 Å². The van der Waals surface area contributed by atoms with E-state index in [1.807, 2.05) is 0 Å². The maximum atomic E-state index is 11.1. The van der Waals surface area contributed by atoms with Crippen LogP contribution in [0, 0.1) is 29.6 Å². The summed E-state index contributed by atoms with van der Waals surface area (Å²) in [5.41, 5.74) is 0. The SMILES string of the molecule is O=C(S)CC1C2CC3CC(C2)CC1C3. The van der Waals surface area contributed by atoms with E-state index in [1.165, 1.54) is 32.1 Å². The number of carbonyl (C=O) groups is 1. The molecule has 0 amide bonds. The highest BCUT2D eigenvalue weighted by Crippen LogP contribution is 2.57. The molecule has 0 radical (unpaired) electrons. The molecule has 0 aliphatic heterocycles. The van der Waals surface area contributed by atoms with Gasteiger partial charge in [0.05, 0.1) is 0 Å². The van der Waals surface area contributed by atoms with E-state index in [2.05, 4.69) is 12.6 Å². The second-order valence-corrected chi connectivity index (χ2v) is 6.19. The van der Waals surface area contributed by atoms with Gasteiger partial charge < -0.3 is 0 Å². The van der Waals surface area contributed by atoms with Gasteiger partial charge in [0.15, 0.2) is 5.12 Å². The molecule has 4 saturated carbocycles. The number of hydrogen-bond acceptors (Lipinski definition) is 1. The molecular weight excluding hydrogens is 192 g/mol. The predicted octanol–water partition coefficient (Wildman–Crippen LogP) is 2.91. The molecule has 0 atom stereocenters. The van der Waals surface area contributed by atoms with E-state index in [9.17, 15) is 4.79 Å². The lowest BCUT2D eigenvalue weighted by atomic mass is 9.51. The molecule has 0 N–H and O–H groups in total. The van der Waals surface area contributed by atoms with Crippen LogP contribution in [-0.4, -0.2) is 5.12 Å². The van der Waals surface area contributed by atoms with Gasteiger partial charge in [-0.2, -0.15) is 0 Å². The first kappa shape index (κ1) is 9.26. The summed E-state index contributed by atoms with van der Waals surface area (Å²) in [6, 6.07) is 0. The summed E-state index contributed by atoms with van der Waals surface area (Å²) in [7, 11) is 0. The van der Waals surface area contributed by atoms with Gasteiger partial charge in [-0.05, 0) is 61.7 Å². The molecule has 0 heterocycles. The Kier molecular flexibility index (Phi) is 2.16. The largest absolute Gasteiger partial charge is 0.287 e. The van der Waals surface area contributed by atoms with Crippen LogP contribution in [0.1, 0.15) is 38.5 Å². The summed E-state index contributed by atoms with van der Waals surface area (Å²) in [6.45, 7) is 0. The quantitative estimate of drug-likeness (QED) is 0.693. The van der Waals surface area contributed by atoms with E-state index in [0.717, 1.165) is 30.1 Å². The van der Waals surface area contributed by atoms with Crippen molar-refractivity contribution < 1.29 is 4.79 Å². The normalized spacial score (nSPS) is 49.6. The van der Waals surface area contributed by atoms with Crippen molar-refractivity contribution >= 4 is 17.7 Å². The zero-order valence-corrected chi connectivity index (χ0v) is 9.38. The summed E-state index contributed by atoms with van der Waals surface area (Å²) < 4.78 is 0. The van der Waals surface area contributed by atoms with Gasteiger partial charge in [-0.3, -0.25) is 4.79 Å². The maximum Gasteiger partial charge on any atom is 0.186 e. The molecule has 0 unspecified atom stereocenters. The van der Waals surface area contributed by atoms with Crippen molar-refractivity contribution in [3.05, 3.63) is 0 Å². The van der Waals surface area contributed by atoms with Crippen LogP contribution < -0.4 is 0 Å². The number of rotatable bonds is 2. The predicted molar refractivity (Wildman–Crippen MR) is 59.1 cm³/mol. The van der Waals surface area contributed by atoms with Crippen LogP contribution in [0.25, 0.3) is 0 Å². The minimum absolute atomic E-state index is 0.113. The molecule has 0 aromatic heterocycles. The Labute approximate surface area is 91.1 Å². The lowest BCUT2D eigenvalue weighted by molar-refractivity contribution is -0.115. The number of hydrogen-bond donors (Lipinski definition) is 1. The average Bonchev–Trinajstić information content (AvgIpc) is 2.09. The van der Waals surface area contributed by atoms with Crippen molar-refractivity contribution in [2.75, 3.05) is 0 Å². The van der Waals surface area contributed by atoms with Crippen LogP contribution in [0.4, 0.5) is 0 Å². The first-order valence-electron chi connectivity index (χ1n) is 5.94. The van der Waals surface area contributed by atoms with Crippen LogP contribution in [0.5, 0.6) is 0 Å². The minimum atomic E-state index is 0.113. The molecule has 1 nitrogen and oxygen atoms in total. The third-order valence-corrected chi connectivity index (χ3v) is 5.01. The van der Waals surface area contributed by atoms with E-state index in [4.69, 9.17) is 0 Å². The molecule has 4 aliphatic carbocycles. The summed E-state index contributed by atoms with van der Waals surface area (Å²) in [5.74, 6) is 4.49. The highest BCUT2D eigenvalue weighted by Gasteiger charge is 2.48. The van der Waals surface area contributed by atoms with Crippen LogP contribution in [0.2, 0.25) is 0 Å². The van der Waals surface area contributed by atoms with E-state index in [0.29, 0.717) is 5.92 Å². The van der Waals surface area contributed by atoms with Gasteiger partial charge in [0.2, 0.25) is 0 Å². The molecule has 2 heteroatoms. The van der Waals surface area contributed by atoms with Gasteiger partial charge in [0, 0.05) is 6.42 Å². The molecule has 4 rings (SSSR count). The third-order valence-electron chi connectivity index (χ3n) is 4.83. The monoisotopic (exact) mass is 210 g/mol. The van der Waals surface area contributed by atoms with Gasteiger partial charge in [0.25, 0.3) is 0 Å². The van der Waals surface area contributed by atoms with Crippen molar-refractivity contribution in [3.63, 3.8) is 0 Å². The smallest absolute Gasteiger partial charge is 0.186 e. The summed E-state index contributed by atoms with van der Waals surface area (Å²) in [4.78, 5) is 11.1. The molecule has 0 aromatic carbocycles. The van der Waals surface area contributed by atoms with Gasteiger partial charge in [-0.1, -0.05) is 0 Å². The molecule has 4 bridgehead atoms. The highest BCUT2D eigenvalue weighted by molar-refractivity contribution is 7.96. The standard InChI is InChI=1S/C12H18OS/c13-12(14)6-11-9-2-7-1-8(4-9)5-10(11)3-7/h7-11H,1-6H2,(H,13,14). The maximum absolute atomic E-state index is 11.1. The number of thiol groups is 1. The Morgan fingerprint density at radius 1 is 1.00 bits per heavy atom. The van der Waals surface area contributed by atoms with Gasteiger partial charge in [-0.25, -0.2) is 0 Å². The topological polar surface area (TPSA) is 17.1 Å². The minimum Gasteiger partial charge on any atom is -0.287 e. The van der Waals surface area contributed by atoms with E-state index in [-0.39, 0.29) is 5.12 Å². The molecule has 0 saturated heterocycles. The van der Waals surface area contributed by atoms with Gasteiger partial charge in [-0.15, -0.1) is 12.6 Å². The zero-order chi connectivity index (χ0) is 9.71. The summed E-state index contributed by atoms with van der Waals surface area (Å²) in [6.07, 6.45) is 7.90. The fraction of sp³-hybridized carbons (Fsp3) is 0.917. The molecule has 14 heavy (non-hydrogen) atoms. The van der Waals surface area contributed by atoms with Crippen LogP contribution in [0.15, 0.2) is 0 Å². The highest BCUT2D eigenvalue weighted by atomic mass is 32.1. The van der Waals surface area contributed by atoms with E-state index >= 15 is 0 Å². The van der Waals surface area contributed by atoms with Gasteiger partial charge in [0.1, 0.15) is 0 Å². The van der Waals surface area contributed by atoms with Crippen molar-refractivity contribution in [2.24, 2.45) is 29.6 Å². The van der Waals surface area contributed by atoms with E-state index < -0.39 is 0 Å². The van der Waals surface area contributed by atoms with Crippen LogP contribution in [0.3, 0.4) is 0 Å². The summed E-state index contributed by atoms with van der Waals surface area (Å²) >= 11 is 3.95. The lowest BCUT2D eigenvalue weighted by Gasteiger charge is -2.54. The Hall–Kier alpha value is 0.0200. The third kappa shape index (κ3) is 1.42. The second-order valence-electron chi connectivity index (χ2n) is 5.69. The van der Waals surface area contributed by atoms with Crippen LogP contribution in [-0.2, 0) is 4.79 Å². The summed E-state index contributed by atoms with van der Waals surface area (Å²) in [5, 5.41) is 0.113. The molecule has 78 valence electrons. The lowest BCUT2D eigenvalue weighted by Crippen LogP contribution is -2.45. The number of carbonyl (C=O) groups excluding carboxylic acids is 1.